The molecule has 8 rings (SSSR count). The highest BCUT2D eigenvalue weighted by atomic mass is 32.2. The third-order valence-electron chi connectivity index (χ3n) is 13.2. The molecular weight excluding hydrogens is 885 g/mol. The van der Waals surface area contributed by atoms with E-state index in [1.807, 2.05) is 6.92 Å². The third kappa shape index (κ3) is 8.06. The van der Waals surface area contributed by atoms with Crippen molar-refractivity contribution in [3.63, 3.8) is 0 Å². The van der Waals surface area contributed by atoms with Gasteiger partial charge in [-0.25, -0.2) is 14.4 Å². The lowest BCUT2D eigenvalue weighted by atomic mass is 9.79. The maximum Gasteiger partial charge on any atom is 0.353 e. The Morgan fingerprint density at radius 2 is 1.18 bits per heavy atom. The Labute approximate surface area is 380 Å². The van der Waals surface area contributed by atoms with E-state index in [0.29, 0.717) is 28.5 Å². The summed E-state index contributed by atoms with van der Waals surface area (Å²) in [7, 11) is 0. The molecule has 5 amide bonds. The fraction of sp³-hybridized carbons (Fsp3) is 0.455. The molecule has 0 spiro atoms. The molecule has 6 aliphatic rings. The summed E-state index contributed by atoms with van der Waals surface area (Å²) in [5.41, 5.74) is 0.163. The number of aliphatic hydroxyl groups is 2. The summed E-state index contributed by atoms with van der Waals surface area (Å²) in [6.45, 7) is 6.81. The second-order valence-corrected chi connectivity index (χ2v) is 20.1. The molecule has 12 atom stereocenters. The van der Waals surface area contributed by atoms with Crippen LogP contribution in [0, 0.1) is 23.7 Å². The summed E-state index contributed by atoms with van der Waals surface area (Å²) in [4.78, 5) is 111. The molecule has 6 aliphatic heterocycles. The normalized spacial score (nSPS) is 30.1. The lowest BCUT2D eigenvalue weighted by Gasteiger charge is -2.47. The number of benzene rings is 2. The molecule has 0 aliphatic carbocycles. The van der Waals surface area contributed by atoms with Crippen molar-refractivity contribution >= 4 is 82.3 Å². The number of carboxylic acid groups (broad SMARTS) is 3. The topological polar surface area (TPSA) is 284 Å². The van der Waals surface area contributed by atoms with Gasteiger partial charge in [-0.2, -0.15) is 0 Å². The molecule has 0 unspecified atom stereocenters. The van der Waals surface area contributed by atoms with Crippen molar-refractivity contribution in [2.45, 2.75) is 87.4 Å². The van der Waals surface area contributed by atoms with E-state index in [1.54, 1.807) is 13.0 Å². The van der Waals surface area contributed by atoms with Gasteiger partial charge in [-0.1, -0.05) is 26.0 Å². The van der Waals surface area contributed by atoms with Gasteiger partial charge in [0.2, 0.25) is 23.6 Å². The van der Waals surface area contributed by atoms with Gasteiger partial charge >= 0.3 is 17.9 Å². The number of aliphatic hydroxyl groups excluding tert-OH is 2. The number of thioether (sulfide) groups is 2. The molecule has 0 radical (unpaired) electrons. The lowest BCUT2D eigenvalue weighted by molar-refractivity contribution is -0.163. The van der Waals surface area contributed by atoms with Crippen molar-refractivity contribution in [2.24, 2.45) is 23.7 Å². The van der Waals surface area contributed by atoms with Crippen molar-refractivity contribution in [2.75, 3.05) is 23.7 Å². The minimum absolute atomic E-state index is 0.000117. The Morgan fingerprint density at radius 3 is 1.69 bits per heavy atom. The maximum atomic E-state index is 15.3. The van der Waals surface area contributed by atoms with E-state index in [1.165, 1.54) is 82.8 Å². The first-order chi connectivity index (χ1) is 30.8. The van der Waals surface area contributed by atoms with Crippen LogP contribution in [0.2, 0.25) is 0 Å². The molecule has 0 aromatic heterocycles. The summed E-state index contributed by atoms with van der Waals surface area (Å²) in [5.74, 6) is -9.02. The monoisotopic (exact) mass is 932 g/mol. The van der Waals surface area contributed by atoms with Gasteiger partial charge in [0.25, 0.3) is 5.91 Å². The van der Waals surface area contributed by atoms with Gasteiger partial charge in [-0.05, 0) is 63.1 Å². The first-order valence-electron chi connectivity index (χ1n) is 21.2. The smallest absolute Gasteiger partial charge is 0.353 e. The Morgan fingerprint density at radius 1 is 0.692 bits per heavy atom. The fourth-order valence-corrected chi connectivity index (χ4v) is 13.1. The van der Waals surface area contributed by atoms with Gasteiger partial charge < -0.3 is 56.2 Å². The van der Waals surface area contributed by atoms with Crippen LogP contribution < -0.4 is 16.0 Å². The number of hydrogen-bond acceptors (Lipinski definition) is 13. The van der Waals surface area contributed by atoms with Crippen LogP contribution in [0.4, 0.5) is 11.4 Å². The average molecular weight is 933 g/mol. The number of rotatable bonds is 14. The Balaban J connectivity index is 1.10. The van der Waals surface area contributed by atoms with Crippen LogP contribution in [-0.2, 0) is 28.8 Å². The van der Waals surface area contributed by atoms with Crippen molar-refractivity contribution < 1.29 is 63.9 Å². The number of aromatic carboxylic acids is 2. The first kappa shape index (κ1) is 45.8. The molecule has 19 nitrogen and oxygen atoms in total. The quantitative estimate of drug-likeness (QED) is 0.126. The molecule has 0 bridgehead atoms. The predicted octanol–water partition coefficient (Wildman–Crippen LogP) is 2.05. The van der Waals surface area contributed by atoms with Crippen LogP contribution in [0.15, 0.2) is 69.7 Å². The summed E-state index contributed by atoms with van der Waals surface area (Å²) in [6, 6.07) is 8.31. The van der Waals surface area contributed by atoms with Crippen molar-refractivity contribution in [1.82, 2.24) is 20.0 Å². The second-order valence-electron chi connectivity index (χ2n) is 17.4. The maximum absolute atomic E-state index is 15.3. The molecule has 21 heteroatoms. The number of likely N-dealkylation sites (tertiary alicyclic amines) is 1. The molecule has 2 aromatic carbocycles. The predicted molar refractivity (Wildman–Crippen MR) is 235 cm³/mol. The summed E-state index contributed by atoms with van der Waals surface area (Å²) >= 11 is 2.45. The zero-order valence-corrected chi connectivity index (χ0v) is 37.2. The van der Waals surface area contributed by atoms with E-state index in [9.17, 15) is 59.1 Å². The summed E-state index contributed by atoms with van der Waals surface area (Å²) in [5, 5.41) is 58.2. The van der Waals surface area contributed by atoms with Crippen LogP contribution >= 0.6 is 23.5 Å². The molecule has 4 saturated heterocycles. The highest BCUT2D eigenvalue weighted by Gasteiger charge is 2.63. The van der Waals surface area contributed by atoms with E-state index < -0.39 is 113 Å². The number of carbonyl (C=O) groups is 8. The third-order valence-corrected chi connectivity index (χ3v) is 16.2. The lowest BCUT2D eigenvalue weighted by Crippen LogP contribution is -2.64. The van der Waals surface area contributed by atoms with Crippen LogP contribution in [-0.4, -0.2) is 148 Å². The highest BCUT2D eigenvalue weighted by molar-refractivity contribution is 8.04. The van der Waals surface area contributed by atoms with E-state index in [0.717, 1.165) is 11.8 Å². The minimum Gasteiger partial charge on any atom is -0.478 e. The van der Waals surface area contributed by atoms with Crippen molar-refractivity contribution in [3.8, 4) is 0 Å². The Bertz CT molecular complexity index is 2480. The summed E-state index contributed by atoms with van der Waals surface area (Å²) < 4.78 is 0. The zero-order chi connectivity index (χ0) is 46.9. The second kappa shape index (κ2) is 17.6. The number of aliphatic carboxylic acids is 1. The van der Waals surface area contributed by atoms with Gasteiger partial charge in [-0.15, -0.1) is 23.5 Å². The Hall–Kier alpha value is -5.74. The zero-order valence-electron chi connectivity index (χ0n) is 35.5. The van der Waals surface area contributed by atoms with Gasteiger partial charge in [0.1, 0.15) is 17.4 Å². The highest BCUT2D eigenvalue weighted by Crippen LogP contribution is 2.55. The van der Waals surface area contributed by atoms with Gasteiger partial charge in [0.15, 0.2) is 0 Å². The molecule has 344 valence electrons. The molecule has 65 heavy (non-hydrogen) atoms. The number of amides is 5. The number of hydrogen-bond donors (Lipinski definition) is 8. The molecule has 4 fully saturated rings. The van der Waals surface area contributed by atoms with Crippen molar-refractivity contribution in [3.05, 3.63) is 80.9 Å². The fourth-order valence-electron chi connectivity index (χ4n) is 10.1. The number of anilines is 2. The number of carboxylic acids is 3. The number of fused-ring (bicyclic) bond motifs is 2. The number of β-lactam (4-membered cyclic amide) rings is 2. The van der Waals surface area contributed by atoms with E-state index >= 15 is 4.79 Å². The van der Waals surface area contributed by atoms with E-state index in [2.05, 4.69) is 16.0 Å². The molecular formula is C44H48N6O13S2. The van der Waals surface area contributed by atoms with Crippen LogP contribution in [0.5, 0.6) is 0 Å². The molecule has 0 saturated carbocycles. The van der Waals surface area contributed by atoms with Crippen LogP contribution in [0.25, 0.3) is 0 Å². The number of nitrogens with zero attached hydrogens (tertiary/aromatic N) is 3. The van der Waals surface area contributed by atoms with Gasteiger partial charge in [-0.3, -0.25) is 24.0 Å². The minimum atomic E-state index is -1.34. The number of nitrogens with one attached hydrogen (secondary N) is 3. The SMILES string of the molecule is C[C@@H](O)[C@H]1C(=O)N2C(C(=O)O)=C(S[C@H]3C[C@@H](C(=O)Nc4cccc(C(=O)O)c4)N(C(=O)C4=C(S[C@H]5CN[C@@H](C(=O)Nc6cccc(C(=O)O)c6)C5)[C@H](C)[C@@H]5[C@@H]([C@@H](C)O)C(=O)N45)C3)[C@H](C)[C@H]12. The molecule has 6 heterocycles. The van der Waals surface area contributed by atoms with Crippen LogP contribution in [0.1, 0.15) is 61.3 Å². The van der Waals surface area contributed by atoms with Gasteiger partial charge in [0.05, 0.1) is 53.3 Å². The van der Waals surface area contributed by atoms with Crippen LogP contribution in [0.3, 0.4) is 0 Å². The Kier molecular flexibility index (Phi) is 12.4. The van der Waals surface area contributed by atoms with E-state index in [-0.39, 0.29) is 46.4 Å². The van der Waals surface area contributed by atoms with Gasteiger partial charge in [0, 0.05) is 56.6 Å². The average Bonchev–Trinajstić information content (AvgIpc) is 4.00. The molecule has 2 aromatic rings. The largest absolute Gasteiger partial charge is 0.478 e. The van der Waals surface area contributed by atoms with E-state index in [4.69, 9.17) is 0 Å². The number of carbonyl (C=O) groups excluding carboxylic acids is 5. The standard InChI is InChI=1S/C44H48N6O13S2/c1-17-31-29(19(3)51)39(55)49(31)33(35(17)64-25-13-27(45-15-25)37(53)46-23-9-5-7-21(11-23)42(58)59)41(57)48-16-26(14-28(48)38(54)47-24-10-6-8-22(12-24)43(60)61)65-36-18(2)32-30(20(4)52)40(56)50(32)34(36)44(62)63/h5-12,17-20,25-32,45,51-52H,13-16H2,1-4H3,(H,46,53)(H,47,54)(H,58,59)(H,60,61)(H,62,63)/t17-,18-,19-,20-,25-,26+,27-,28+,29-,30-,31-,32-/m1/s1. The summed E-state index contributed by atoms with van der Waals surface area (Å²) in [6.07, 6.45) is -1.78. The molecule has 8 N–H and O–H groups in total. The van der Waals surface area contributed by atoms with Crippen molar-refractivity contribution in [1.29, 1.82) is 0 Å². The first-order valence-corrected chi connectivity index (χ1v) is 22.9.